The smallest absolute Gasteiger partial charge is 0.325 e. The van der Waals surface area contributed by atoms with Gasteiger partial charge in [-0.15, -0.1) is 23.5 Å². The van der Waals surface area contributed by atoms with Crippen LogP contribution >= 0.6 is 23.5 Å². The molecule has 1 aliphatic heterocycles. The Morgan fingerprint density at radius 2 is 1.53 bits per heavy atom. The van der Waals surface area contributed by atoms with Crippen LogP contribution in [0, 0.1) is 5.92 Å². The van der Waals surface area contributed by atoms with Gasteiger partial charge in [-0.2, -0.15) is 0 Å². The van der Waals surface area contributed by atoms with Crippen molar-refractivity contribution in [1.29, 1.82) is 0 Å². The van der Waals surface area contributed by atoms with Crippen LogP contribution in [-0.2, 0) is 19.1 Å². The molecule has 0 spiro atoms. The molecule has 0 atom stereocenters. The Kier molecular flexibility index (Phi) is 3.94. The molecule has 1 rings (SSSR count). The molecule has 6 heteroatoms. The summed E-state index contributed by atoms with van der Waals surface area (Å²) in [4.78, 5) is 23.3. The van der Waals surface area contributed by atoms with E-state index in [9.17, 15) is 9.59 Å². The maximum Gasteiger partial charge on any atom is 0.325 e. The van der Waals surface area contributed by atoms with E-state index in [2.05, 4.69) is 0 Å². The quantitative estimate of drug-likeness (QED) is 0.430. The second-order valence-corrected chi connectivity index (χ2v) is 5.82. The largest absolute Gasteiger partial charge is 0.422 e. The Hall–Kier alpha value is -0.360. The summed E-state index contributed by atoms with van der Waals surface area (Å²) < 4.78 is 9.91. The van der Waals surface area contributed by atoms with Gasteiger partial charge in [0.15, 0.2) is 5.92 Å². The number of hydrogen-bond donors (Lipinski definition) is 0. The summed E-state index contributed by atoms with van der Waals surface area (Å²) in [5, 5.41) is 0. The van der Waals surface area contributed by atoms with Crippen molar-refractivity contribution in [3.05, 3.63) is 0 Å². The van der Waals surface area contributed by atoms with E-state index in [0.717, 1.165) is 0 Å². The predicted molar refractivity (Wildman–Crippen MR) is 60.6 cm³/mol. The standard InChI is InChI=1S/C9H14O4S2/c1-9(2)12-6(10)5(7(11)13-9)8(14-3)15-4/h5,8H,1-4H3. The average Bonchev–Trinajstić information content (AvgIpc) is 2.09. The van der Waals surface area contributed by atoms with Crippen molar-refractivity contribution >= 4 is 35.5 Å². The molecule has 0 bridgehead atoms. The van der Waals surface area contributed by atoms with Crippen molar-refractivity contribution in [2.24, 2.45) is 5.92 Å². The first kappa shape index (κ1) is 12.7. The molecular formula is C9H14O4S2. The fraction of sp³-hybridized carbons (Fsp3) is 0.778. The summed E-state index contributed by atoms with van der Waals surface area (Å²) in [6.45, 7) is 3.10. The molecule has 1 fully saturated rings. The van der Waals surface area contributed by atoms with Crippen LogP contribution < -0.4 is 0 Å². The van der Waals surface area contributed by atoms with Crippen LogP contribution in [0.25, 0.3) is 0 Å². The Morgan fingerprint density at radius 3 is 1.87 bits per heavy atom. The number of ether oxygens (including phenoxy) is 2. The highest BCUT2D eigenvalue weighted by atomic mass is 32.2. The molecule has 0 aromatic heterocycles. The lowest BCUT2D eigenvalue weighted by atomic mass is 10.1. The lowest BCUT2D eigenvalue weighted by Crippen LogP contribution is -2.49. The monoisotopic (exact) mass is 250 g/mol. The van der Waals surface area contributed by atoms with Crippen LogP contribution in [0.1, 0.15) is 13.8 Å². The van der Waals surface area contributed by atoms with Crippen molar-refractivity contribution in [3.63, 3.8) is 0 Å². The van der Waals surface area contributed by atoms with Gasteiger partial charge in [-0.25, -0.2) is 0 Å². The summed E-state index contributed by atoms with van der Waals surface area (Å²) in [5.74, 6) is -2.94. The summed E-state index contributed by atoms with van der Waals surface area (Å²) in [6.07, 6.45) is 3.70. The Bertz CT molecular complexity index is 253. The zero-order valence-electron chi connectivity index (χ0n) is 9.10. The summed E-state index contributed by atoms with van der Waals surface area (Å²) in [5.41, 5.74) is 0. The van der Waals surface area contributed by atoms with Gasteiger partial charge in [-0.1, -0.05) is 0 Å². The lowest BCUT2D eigenvalue weighted by Gasteiger charge is -2.34. The van der Waals surface area contributed by atoms with Gasteiger partial charge >= 0.3 is 11.9 Å². The van der Waals surface area contributed by atoms with E-state index >= 15 is 0 Å². The normalized spacial score (nSPS) is 21.4. The maximum absolute atomic E-state index is 11.6. The van der Waals surface area contributed by atoms with Crippen LogP contribution in [0.15, 0.2) is 0 Å². The third kappa shape index (κ3) is 2.81. The third-order valence-electron chi connectivity index (χ3n) is 1.94. The zero-order valence-corrected chi connectivity index (χ0v) is 10.7. The first-order chi connectivity index (χ1) is 6.91. The summed E-state index contributed by atoms with van der Waals surface area (Å²) in [6, 6.07) is 0. The molecule has 0 radical (unpaired) electrons. The molecule has 1 saturated heterocycles. The van der Waals surface area contributed by atoms with Crippen LogP contribution in [0.4, 0.5) is 0 Å². The minimum atomic E-state index is -1.13. The Balaban J connectivity index is 2.83. The van der Waals surface area contributed by atoms with E-state index in [-0.39, 0.29) is 4.58 Å². The minimum absolute atomic E-state index is 0.152. The fourth-order valence-electron chi connectivity index (χ4n) is 1.32. The third-order valence-corrected chi connectivity index (χ3v) is 4.57. The second kappa shape index (κ2) is 4.65. The van der Waals surface area contributed by atoms with E-state index in [4.69, 9.17) is 9.47 Å². The van der Waals surface area contributed by atoms with E-state index in [0.29, 0.717) is 0 Å². The van der Waals surface area contributed by atoms with Crippen molar-refractivity contribution < 1.29 is 19.1 Å². The van der Waals surface area contributed by atoms with E-state index in [1.807, 2.05) is 12.5 Å². The molecule has 0 amide bonds. The molecule has 0 aliphatic carbocycles. The summed E-state index contributed by atoms with van der Waals surface area (Å²) >= 11 is 2.89. The van der Waals surface area contributed by atoms with Crippen molar-refractivity contribution in [2.75, 3.05) is 12.5 Å². The number of carbonyl (C=O) groups excluding carboxylic acids is 2. The van der Waals surface area contributed by atoms with Crippen LogP contribution in [0.5, 0.6) is 0 Å². The predicted octanol–water partition coefficient (Wildman–Crippen LogP) is 1.49. The van der Waals surface area contributed by atoms with Gasteiger partial charge < -0.3 is 9.47 Å². The summed E-state index contributed by atoms with van der Waals surface area (Å²) in [7, 11) is 0. The molecule has 0 saturated carbocycles. The first-order valence-electron chi connectivity index (χ1n) is 4.42. The molecule has 86 valence electrons. The Labute approximate surface area is 97.4 Å². The molecule has 0 N–H and O–H groups in total. The second-order valence-electron chi connectivity index (χ2n) is 3.56. The number of cyclic esters (lactones) is 2. The minimum Gasteiger partial charge on any atom is -0.422 e. The highest BCUT2D eigenvalue weighted by molar-refractivity contribution is 8.16. The number of rotatable bonds is 3. The van der Waals surface area contributed by atoms with Crippen LogP contribution in [0.3, 0.4) is 0 Å². The van der Waals surface area contributed by atoms with Gasteiger partial charge in [0.25, 0.3) is 5.79 Å². The molecule has 0 aromatic carbocycles. The fourth-order valence-corrected chi connectivity index (χ4v) is 3.08. The van der Waals surface area contributed by atoms with Crippen molar-refractivity contribution in [2.45, 2.75) is 24.2 Å². The van der Waals surface area contributed by atoms with Gasteiger partial charge in [-0.3, -0.25) is 9.59 Å². The molecule has 0 aromatic rings. The SMILES string of the molecule is CSC(SC)C1C(=O)OC(C)(C)OC1=O. The van der Waals surface area contributed by atoms with E-state index in [1.165, 1.54) is 23.5 Å². The van der Waals surface area contributed by atoms with Gasteiger partial charge in [0.1, 0.15) is 0 Å². The van der Waals surface area contributed by atoms with Crippen molar-refractivity contribution in [1.82, 2.24) is 0 Å². The molecule has 0 unspecified atom stereocenters. The molecule has 15 heavy (non-hydrogen) atoms. The Morgan fingerprint density at radius 1 is 1.13 bits per heavy atom. The number of esters is 2. The van der Waals surface area contributed by atoms with Gasteiger partial charge in [-0.05, 0) is 12.5 Å². The van der Waals surface area contributed by atoms with E-state index < -0.39 is 23.6 Å². The van der Waals surface area contributed by atoms with Crippen LogP contribution in [0.2, 0.25) is 0 Å². The van der Waals surface area contributed by atoms with Gasteiger partial charge in [0, 0.05) is 13.8 Å². The lowest BCUT2D eigenvalue weighted by molar-refractivity contribution is -0.238. The van der Waals surface area contributed by atoms with Gasteiger partial charge in [0.2, 0.25) is 0 Å². The molecule has 1 heterocycles. The first-order valence-corrected chi connectivity index (χ1v) is 7.00. The van der Waals surface area contributed by atoms with Crippen LogP contribution in [-0.4, -0.2) is 34.8 Å². The average molecular weight is 250 g/mol. The number of thioether (sulfide) groups is 2. The van der Waals surface area contributed by atoms with Gasteiger partial charge in [0.05, 0.1) is 4.58 Å². The maximum atomic E-state index is 11.6. The molecule has 1 aliphatic rings. The molecular weight excluding hydrogens is 236 g/mol. The number of carbonyl (C=O) groups is 2. The van der Waals surface area contributed by atoms with E-state index in [1.54, 1.807) is 13.8 Å². The van der Waals surface area contributed by atoms with Crippen molar-refractivity contribution in [3.8, 4) is 0 Å². The highest BCUT2D eigenvalue weighted by Gasteiger charge is 2.46. The number of hydrogen-bond acceptors (Lipinski definition) is 6. The topological polar surface area (TPSA) is 52.6 Å². The zero-order chi connectivity index (χ0) is 11.6. The highest BCUT2D eigenvalue weighted by Crippen LogP contribution is 2.34. The molecule has 4 nitrogen and oxygen atoms in total.